The summed E-state index contributed by atoms with van der Waals surface area (Å²) in [6, 6.07) is 21.0. The van der Waals surface area contributed by atoms with E-state index in [1.807, 2.05) is 43.3 Å². The van der Waals surface area contributed by atoms with E-state index in [0.717, 1.165) is 53.2 Å². The predicted molar refractivity (Wildman–Crippen MR) is 197 cm³/mol. The number of anilines is 1. The standard InChI is InChI=1S/C39H54N2O10S/c1-29-6-13-34(14-7-29)52(43,44)41-23-37(50-26-31-10-15-36-35(22-31)40(17-19-49-36)16-5-18-45-2)39(38(24-41)51-28-33(42)27-47-4)32-11-8-30(9-12-32)25-48-21-20-46-3/h6-15,22,33,37-39,42H,5,16-21,23-28H2,1-4H3/t33-,37-,38+,39+/m0/s1. The van der Waals surface area contributed by atoms with Crippen molar-refractivity contribution in [2.45, 2.75) is 55.7 Å². The Balaban J connectivity index is 1.45. The van der Waals surface area contributed by atoms with Gasteiger partial charge in [0.15, 0.2) is 0 Å². The van der Waals surface area contributed by atoms with Crippen molar-refractivity contribution >= 4 is 15.7 Å². The molecule has 1 saturated heterocycles. The SMILES string of the molecule is COCCCN1CCOc2ccc(CO[C@H]3CN(S(=O)(=O)c4ccc(C)cc4)C[C@@H](OC[C@@H](O)COC)[C@@H]3c3ccc(COCCOC)cc3)cc21. The second-order valence-corrected chi connectivity index (χ2v) is 15.2. The highest BCUT2D eigenvalue weighted by Crippen LogP contribution is 2.37. The monoisotopic (exact) mass is 742 g/mol. The molecule has 52 heavy (non-hydrogen) atoms. The van der Waals surface area contributed by atoms with Crippen LogP contribution in [0.5, 0.6) is 5.75 Å². The lowest BCUT2D eigenvalue weighted by Crippen LogP contribution is -2.54. The minimum absolute atomic E-state index is 0.0324. The number of piperidine rings is 1. The van der Waals surface area contributed by atoms with Crippen LogP contribution in [0.4, 0.5) is 5.69 Å². The van der Waals surface area contributed by atoms with E-state index in [4.69, 9.17) is 33.2 Å². The van der Waals surface area contributed by atoms with Crippen LogP contribution in [0.25, 0.3) is 0 Å². The molecule has 5 rings (SSSR count). The summed E-state index contributed by atoms with van der Waals surface area (Å²) in [6.45, 7) is 6.75. The second kappa shape index (κ2) is 19.8. The quantitative estimate of drug-likeness (QED) is 0.168. The Morgan fingerprint density at radius 2 is 1.54 bits per heavy atom. The molecule has 2 aliphatic rings. The Morgan fingerprint density at radius 1 is 0.827 bits per heavy atom. The Hall–Kier alpha value is -3.11. The molecule has 286 valence electrons. The number of aryl methyl sites for hydroxylation is 1. The molecular weight excluding hydrogens is 688 g/mol. The molecule has 0 radical (unpaired) electrons. The van der Waals surface area contributed by atoms with Gasteiger partial charge in [0.05, 0.1) is 69.0 Å². The van der Waals surface area contributed by atoms with Gasteiger partial charge in [0.1, 0.15) is 18.5 Å². The molecule has 0 bridgehead atoms. The first-order chi connectivity index (χ1) is 25.2. The summed E-state index contributed by atoms with van der Waals surface area (Å²) >= 11 is 0. The van der Waals surface area contributed by atoms with Gasteiger partial charge in [0.2, 0.25) is 10.0 Å². The van der Waals surface area contributed by atoms with Gasteiger partial charge in [-0.15, -0.1) is 0 Å². The number of benzene rings is 3. The summed E-state index contributed by atoms with van der Waals surface area (Å²) in [4.78, 5) is 2.51. The lowest BCUT2D eigenvalue weighted by molar-refractivity contribution is -0.0997. The van der Waals surface area contributed by atoms with Gasteiger partial charge in [-0.1, -0.05) is 48.0 Å². The number of sulfonamides is 1. The Labute approximate surface area is 308 Å². The van der Waals surface area contributed by atoms with Crippen molar-refractivity contribution in [3.05, 3.63) is 89.0 Å². The fourth-order valence-corrected chi connectivity index (χ4v) is 8.09. The van der Waals surface area contributed by atoms with Gasteiger partial charge in [-0.3, -0.25) is 0 Å². The summed E-state index contributed by atoms with van der Waals surface area (Å²) in [5.41, 5.74) is 4.84. The number of ether oxygens (including phenoxy) is 7. The van der Waals surface area contributed by atoms with Crippen molar-refractivity contribution in [1.29, 1.82) is 0 Å². The first kappa shape index (κ1) is 40.1. The fourth-order valence-electron chi connectivity index (χ4n) is 6.63. The highest BCUT2D eigenvalue weighted by atomic mass is 32.2. The number of rotatable bonds is 20. The average molecular weight is 743 g/mol. The first-order valence-corrected chi connectivity index (χ1v) is 19.3. The largest absolute Gasteiger partial charge is 0.490 e. The maximum Gasteiger partial charge on any atom is 0.243 e. The van der Waals surface area contributed by atoms with Gasteiger partial charge >= 0.3 is 0 Å². The minimum Gasteiger partial charge on any atom is -0.490 e. The molecule has 0 spiro atoms. The third-order valence-corrected chi connectivity index (χ3v) is 11.2. The van der Waals surface area contributed by atoms with Crippen molar-refractivity contribution in [2.75, 3.05) is 92.0 Å². The lowest BCUT2D eigenvalue weighted by Gasteiger charge is -2.43. The Kier molecular flexibility index (Phi) is 15.3. The predicted octanol–water partition coefficient (Wildman–Crippen LogP) is 4.16. The lowest BCUT2D eigenvalue weighted by atomic mass is 9.85. The van der Waals surface area contributed by atoms with E-state index in [9.17, 15) is 13.5 Å². The summed E-state index contributed by atoms with van der Waals surface area (Å²) in [6.07, 6.45) is -1.22. The zero-order valence-electron chi connectivity index (χ0n) is 30.8. The zero-order chi connectivity index (χ0) is 36.9. The number of nitrogens with zero attached hydrogens (tertiary/aromatic N) is 2. The molecule has 0 amide bonds. The summed E-state index contributed by atoms with van der Waals surface area (Å²) in [7, 11) is 0.950. The number of aliphatic hydroxyl groups is 1. The average Bonchev–Trinajstić information content (AvgIpc) is 3.15. The third-order valence-electron chi connectivity index (χ3n) is 9.38. The van der Waals surface area contributed by atoms with Crippen LogP contribution in [0.2, 0.25) is 0 Å². The van der Waals surface area contributed by atoms with Crippen molar-refractivity contribution in [3.8, 4) is 5.75 Å². The van der Waals surface area contributed by atoms with Crippen LogP contribution in [0, 0.1) is 6.92 Å². The van der Waals surface area contributed by atoms with Crippen molar-refractivity contribution in [3.63, 3.8) is 0 Å². The Bertz CT molecular complexity index is 1620. The first-order valence-electron chi connectivity index (χ1n) is 17.9. The van der Waals surface area contributed by atoms with Gasteiger partial charge < -0.3 is 43.2 Å². The van der Waals surface area contributed by atoms with E-state index in [1.54, 1.807) is 38.5 Å². The Morgan fingerprint density at radius 3 is 2.25 bits per heavy atom. The van der Waals surface area contributed by atoms with Crippen LogP contribution in [-0.4, -0.2) is 123 Å². The van der Waals surface area contributed by atoms with Gasteiger partial charge in [0.25, 0.3) is 0 Å². The molecule has 1 N–H and O–H groups in total. The molecule has 3 aromatic rings. The molecule has 4 atom stereocenters. The van der Waals surface area contributed by atoms with Crippen LogP contribution < -0.4 is 9.64 Å². The molecule has 0 unspecified atom stereocenters. The second-order valence-electron chi connectivity index (χ2n) is 13.3. The van der Waals surface area contributed by atoms with Crippen LogP contribution in [0.3, 0.4) is 0 Å². The summed E-state index contributed by atoms with van der Waals surface area (Å²) < 4.78 is 70.1. The van der Waals surface area contributed by atoms with E-state index < -0.39 is 28.3 Å². The van der Waals surface area contributed by atoms with Crippen LogP contribution in [0.1, 0.15) is 34.6 Å². The van der Waals surface area contributed by atoms with Gasteiger partial charge in [0, 0.05) is 53.5 Å². The molecule has 13 heteroatoms. The highest BCUT2D eigenvalue weighted by molar-refractivity contribution is 7.89. The molecule has 0 aliphatic carbocycles. The normalized spacial score (nSPS) is 20.0. The molecule has 1 fully saturated rings. The smallest absolute Gasteiger partial charge is 0.243 e. The molecule has 3 aromatic carbocycles. The van der Waals surface area contributed by atoms with Gasteiger partial charge in [-0.2, -0.15) is 4.31 Å². The van der Waals surface area contributed by atoms with Crippen molar-refractivity contribution in [1.82, 2.24) is 4.31 Å². The summed E-state index contributed by atoms with van der Waals surface area (Å²) in [5.74, 6) is 0.474. The topological polar surface area (TPSA) is 125 Å². The molecule has 0 aromatic heterocycles. The summed E-state index contributed by atoms with van der Waals surface area (Å²) in [5, 5.41) is 10.6. The number of methoxy groups -OCH3 is 3. The number of fused-ring (bicyclic) bond motifs is 1. The van der Waals surface area contributed by atoms with Crippen LogP contribution in [0.15, 0.2) is 71.6 Å². The van der Waals surface area contributed by atoms with Crippen molar-refractivity contribution < 1.29 is 46.7 Å². The molecular formula is C39H54N2O10S. The minimum atomic E-state index is -3.91. The van der Waals surface area contributed by atoms with E-state index in [-0.39, 0.29) is 43.7 Å². The van der Waals surface area contributed by atoms with Gasteiger partial charge in [-0.05, 0) is 54.3 Å². The van der Waals surface area contributed by atoms with E-state index in [0.29, 0.717) is 33.0 Å². The molecule has 2 heterocycles. The number of hydrogen-bond acceptors (Lipinski definition) is 11. The molecule has 2 aliphatic heterocycles. The molecule has 12 nitrogen and oxygen atoms in total. The third kappa shape index (κ3) is 10.7. The zero-order valence-corrected chi connectivity index (χ0v) is 31.6. The van der Waals surface area contributed by atoms with E-state index in [2.05, 4.69) is 11.0 Å². The number of aliphatic hydroxyl groups excluding tert-OH is 1. The fraction of sp³-hybridized carbons (Fsp3) is 0.538. The highest BCUT2D eigenvalue weighted by Gasteiger charge is 2.44. The maximum absolute atomic E-state index is 14.1. The van der Waals surface area contributed by atoms with E-state index >= 15 is 0 Å². The van der Waals surface area contributed by atoms with Crippen molar-refractivity contribution in [2.24, 2.45) is 0 Å². The van der Waals surface area contributed by atoms with Gasteiger partial charge in [-0.25, -0.2) is 8.42 Å². The molecule has 0 saturated carbocycles. The maximum atomic E-state index is 14.1. The van der Waals surface area contributed by atoms with Crippen LogP contribution >= 0.6 is 0 Å². The van der Waals surface area contributed by atoms with E-state index in [1.165, 1.54) is 11.4 Å². The number of hydrogen-bond donors (Lipinski definition) is 1. The van der Waals surface area contributed by atoms with Crippen LogP contribution in [-0.2, 0) is 51.7 Å².